The number of ether oxygens (including phenoxy) is 1. The second-order valence-corrected chi connectivity index (χ2v) is 8.00. The van der Waals surface area contributed by atoms with E-state index in [1.54, 1.807) is 11.6 Å². The molecule has 1 amide bonds. The highest BCUT2D eigenvalue weighted by atomic mass is 35.5. The highest BCUT2D eigenvalue weighted by Crippen LogP contribution is 2.24. The van der Waals surface area contributed by atoms with Gasteiger partial charge >= 0.3 is 5.97 Å². The highest BCUT2D eigenvalue weighted by Gasteiger charge is 2.26. The van der Waals surface area contributed by atoms with E-state index in [-0.39, 0.29) is 10.7 Å². The van der Waals surface area contributed by atoms with Gasteiger partial charge in [0, 0.05) is 12.2 Å². The zero-order valence-electron chi connectivity index (χ0n) is 17.5. The number of nitrogens with zero attached hydrogens (tertiary/aromatic N) is 2. The van der Waals surface area contributed by atoms with E-state index in [2.05, 4.69) is 10.4 Å². The standard InChI is InChI=1S/C21H28ClN3O3/c1-11(2)10-25-19(22)17(15(6)24-25)21(27)28-16(7)20(26)23-18-13(4)8-12(3)9-14(18)5/h8-9,11,16H,10H2,1-7H3,(H,23,26)/t16-/m1/s1. The van der Waals surface area contributed by atoms with E-state index in [0.29, 0.717) is 18.2 Å². The Balaban J connectivity index is 2.13. The number of esters is 1. The van der Waals surface area contributed by atoms with Crippen molar-refractivity contribution in [2.45, 2.75) is 61.1 Å². The molecule has 1 aromatic carbocycles. The highest BCUT2D eigenvalue weighted by molar-refractivity contribution is 6.32. The van der Waals surface area contributed by atoms with E-state index in [1.807, 2.05) is 46.8 Å². The van der Waals surface area contributed by atoms with Crippen LogP contribution in [0.1, 0.15) is 53.5 Å². The van der Waals surface area contributed by atoms with E-state index in [0.717, 1.165) is 22.4 Å². The minimum Gasteiger partial charge on any atom is -0.449 e. The van der Waals surface area contributed by atoms with Gasteiger partial charge in [0.15, 0.2) is 6.10 Å². The summed E-state index contributed by atoms with van der Waals surface area (Å²) < 4.78 is 6.95. The maximum Gasteiger partial charge on any atom is 0.343 e. The molecule has 0 aliphatic heterocycles. The van der Waals surface area contributed by atoms with E-state index < -0.39 is 18.0 Å². The third-order valence-electron chi connectivity index (χ3n) is 4.39. The van der Waals surface area contributed by atoms with E-state index in [9.17, 15) is 9.59 Å². The second-order valence-electron chi connectivity index (χ2n) is 7.64. The van der Waals surface area contributed by atoms with Gasteiger partial charge in [-0.3, -0.25) is 9.48 Å². The predicted octanol–water partition coefficient (Wildman–Crippen LogP) is 4.61. The summed E-state index contributed by atoms with van der Waals surface area (Å²) in [7, 11) is 0. The zero-order chi connectivity index (χ0) is 21.2. The molecule has 0 aliphatic carbocycles. The summed E-state index contributed by atoms with van der Waals surface area (Å²) in [6.45, 7) is 13.8. The number of nitrogens with one attached hydrogen (secondary N) is 1. The Morgan fingerprint density at radius 3 is 2.25 bits per heavy atom. The van der Waals surface area contributed by atoms with Crippen LogP contribution in [0.15, 0.2) is 12.1 Å². The number of aryl methyl sites for hydroxylation is 4. The van der Waals surface area contributed by atoms with Crippen molar-refractivity contribution in [2.75, 3.05) is 5.32 Å². The fourth-order valence-electron chi connectivity index (χ4n) is 3.13. The number of amides is 1. The molecule has 2 rings (SSSR count). The van der Waals surface area contributed by atoms with Crippen LogP contribution >= 0.6 is 11.6 Å². The van der Waals surface area contributed by atoms with Crippen LogP contribution in [0.3, 0.4) is 0 Å². The van der Waals surface area contributed by atoms with Crippen molar-refractivity contribution >= 4 is 29.2 Å². The van der Waals surface area contributed by atoms with E-state index >= 15 is 0 Å². The summed E-state index contributed by atoms with van der Waals surface area (Å²) in [6.07, 6.45) is -0.975. The van der Waals surface area contributed by atoms with Crippen molar-refractivity contribution in [3.8, 4) is 0 Å². The van der Waals surface area contributed by atoms with Crippen LogP contribution in [0.2, 0.25) is 5.15 Å². The van der Waals surface area contributed by atoms with Crippen LogP contribution in [0.4, 0.5) is 5.69 Å². The number of carbonyl (C=O) groups excluding carboxylic acids is 2. The van der Waals surface area contributed by atoms with Gasteiger partial charge in [0.1, 0.15) is 10.7 Å². The van der Waals surface area contributed by atoms with E-state index in [4.69, 9.17) is 16.3 Å². The van der Waals surface area contributed by atoms with Crippen LogP contribution in [-0.2, 0) is 16.1 Å². The number of benzene rings is 1. The second kappa shape index (κ2) is 8.78. The van der Waals surface area contributed by atoms with Crippen molar-refractivity contribution in [1.82, 2.24) is 9.78 Å². The molecule has 1 N–H and O–H groups in total. The largest absolute Gasteiger partial charge is 0.449 e. The molecule has 2 aromatic rings. The molecule has 7 heteroatoms. The first-order chi connectivity index (χ1) is 13.0. The number of anilines is 1. The smallest absolute Gasteiger partial charge is 0.343 e. The molecular formula is C21H28ClN3O3. The zero-order valence-corrected chi connectivity index (χ0v) is 18.3. The van der Waals surface area contributed by atoms with Crippen LogP contribution in [0.25, 0.3) is 0 Å². The Morgan fingerprint density at radius 1 is 1.14 bits per heavy atom. The van der Waals surface area contributed by atoms with Gasteiger partial charge in [-0.1, -0.05) is 43.1 Å². The van der Waals surface area contributed by atoms with Gasteiger partial charge in [-0.2, -0.15) is 5.10 Å². The lowest BCUT2D eigenvalue weighted by Crippen LogP contribution is -2.30. The molecule has 0 fully saturated rings. The maximum absolute atomic E-state index is 12.6. The number of hydrogen-bond acceptors (Lipinski definition) is 4. The number of halogens is 1. The van der Waals surface area contributed by atoms with Crippen molar-refractivity contribution in [2.24, 2.45) is 5.92 Å². The Labute approximate surface area is 171 Å². The normalized spacial score (nSPS) is 12.2. The molecule has 0 saturated carbocycles. The topological polar surface area (TPSA) is 73.2 Å². The summed E-state index contributed by atoms with van der Waals surface area (Å²) in [4.78, 5) is 25.1. The van der Waals surface area contributed by atoms with Gasteiger partial charge < -0.3 is 10.1 Å². The molecule has 28 heavy (non-hydrogen) atoms. The average molecular weight is 406 g/mol. The summed E-state index contributed by atoms with van der Waals surface area (Å²) in [6, 6.07) is 3.98. The first kappa shape index (κ1) is 22.0. The summed E-state index contributed by atoms with van der Waals surface area (Å²) in [5.41, 5.74) is 4.45. The molecule has 0 unspecified atom stereocenters. The van der Waals surface area contributed by atoms with Gasteiger partial charge in [0.2, 0.25) is 0 Å². The fraction of sp³-hybridized carbons (Fsp3) is 0.476. The quantitative estimate of drug-likeness (QED) is 0.712. The molecule has 0 bridgehead atoms. The lowest BCUT2D eigenvalue weighted by atomic mass is 10.0. The Hall–Kier alpha value is -2.34. The Kier molecular flexibility index (Phi) is 6.88. The van der Waals surface area contributed by atoms with Crippen molar-refractivity contribution in [1.29, 1.82) is 0 Å². The molecule has 0 saturated heterocycles. The van der Waals surface area contributed by atoms with Crippen molar-refractivity contribution in [3.05, 3.63) is 45.2 Å². The van der Waals surface area contributed by atoms with Gasteiger partial charge in [0.05, 0.1) is 5.69 Å². The molecule has 6 nitrogen and oxygen atoms in total. The van der Waals surface area contributed by atoms with Crippen LogP contribution in [0, 0.1) is 33.6 Å². The van der Waals surface area contributed by atoms with Gasteiger partial charge in [-0.25, -0.2) is 4.79 Å². The number of rotatable bonds is 6. The summed E-state index contributed by atoms with van der Waals surface area (Å²) in [5, 5.41) is 7.39. The lowest BCUT2D eigenvalue weighted by molar-refractivity contribution is -0.123. The van der Waals surface area contributed by atoms with Crippen LogP contribution < -0.4 is 5.32 Å². The summed E-state index contributed by atoms with van der Waals surface area (Å²) >= 11 is 6.32. The third kappa shape index (κ3) is 4.93. The molecule has 1 aromatic heterocycles. The van der Waals surface area contributed by atoms with Crippen LogP contribution in [0.5, 0.6) is 0 Å². The number of hydrogen-bond donors (Lipinski definition) is 1. The third-order valence-corrected chi connectivity index (χ3v) is 4.77. The molecular weight excluding hydrogens is 378 g/mol. The van der Waals surface area contributed by atoms with Gasteiger partial charge in [0.25, 0.3) is 5.91 Å². The van der Waals surface area contributed by atoms with Crippen molar-refractivity contribution < 1.29 is 14.3 Å². The fourth-order valence-corrected chi connectivity index (χ4v) is 3.45. The van der Waals surface area contributed by atoms with E-state index in [1.165, 1.54) is 6.92 Å². The predicted molar refractivity (Wildman–Crippen MR) is 111 cm³/mol. The average Bonchev–Trinajstić information content (AvgIpc) is 2.83. The Bertz CT molecular complexity index is 880. The monoisotopic (exact) mass is 405 g/mol. The lowest BCUT2D eigenvalue weighted by Gasteiger charge is -2.17. The molecule has 1 atom stereocenters. The molecule has 0 spiro atoms. The molecule has 152 valence electrons. The maximum atomic E-state index is 12.6. The molecule has 0 aliphatic rings. The van der Waals surface area contributed by atoms with Gasteiger partial charge in [-0.05, 0) is 51.7 Å². The first-order valence-electron chi connectivity index (χ1n) is 9.33. The minimum absolute atomic E-state index is 0.199. The molecule has 0 radical (unpaired) electrons. The Morgan fingerprint density at radius 2 is 1.71 bits per heavy atom. The SMILES string of the molecule is Cc1cc(C)c(NC(=O)[C@@H](C)OC(=O)c2c(C)nn(CC(C)C)c2Cl)c(C)c1. The number of aromatic nitrogens is 2. The number of carbonyl (C=O) groups is 2. The minimum atomic E-state index is -0.975. The van der Waals surface area contributed by atoms with Crippen molar-refractivity contribution in [3.63, 3.8) is 0 Å². The van der Waals surface area contributed by atoms with Crippen LogP contribution in [-0.4, -0.2) is 27.8 Å². The molecule has 1 heterocycles. The van der Waals surface area contributed by atoms with Gasteiger partial charge in [-0.15, -0.1) is 0 Å². The first-order valence-corrected chi connectivity index (χ1v) is 9.71. The summed E-state index contributed by atoms with van der Waals surface area (Å²) in [5.74, 6) is -0.726.